The molecular weight excluding hydrogens is 554 g/mol. The Labute approximate surface area is 259 Å². The molecule has 4 aromatic rings. The van der Waals surface area contributed by atoms with E-state index < -0.39 is 23.5 Å². The Bertz CT molecular complexity index is 1520. The molecule has 2 unspecified atom stereocenters. The van der Waals surface area contributed by atoms with Crippen molar-refractivity contribution in [1.82, 2.24) is 15.6 Å². The third-order valence-electron chi connectivity index (χ3n) is 7.43. The van der Waals surface area contributed by atoms with Crippen molar-refractivity contribution < 1.29 is 23.9 Å². The first-order valence-electron chi connectivity index (χ1n) is 15.1. The molecule has 0 aliphatic carbocycles. The topological polar surface area (TPSA) is 110 Å². The molecule has 1 aromatic heterocycles. The second-order valence-corrected chi connectivity index (χ2v) is 12.0. The van der Waals surface area contributed by atoms with Crippen molar-refractivity contribution in [3.63, 3.8) is 0 Å². The number of H-pyrrole nitrogens is 1. The molecule has 3 N–H and O–H groups in total. The first-order chi connectivity index (χ1) is 21.1. The van der Waals surface area contributed by atoms with Crippen LogP contribution in [-0.4, -0.2) is 48.1 Å². The van der Waals surface area contributed by atoms with E-state index in [1.165, 1.54) is 0 Å². The predicted molar refractivity (Wildman–Crippen MR) is 172 cm³/mol. The zero-order valence-corrected chi connectivity index (χ0v) is 26.0. The van der Waals surface area contributed by atoms with Crippen LogP contribution in [0.4, 0.5) is 0 Å². The molecule has 0 spiro atoms. The number of methoxy groups -OCH3 is 1. The summed E-state index contributed by atoms with van der Waals surface area (Å²) in [5.41, 5.74) is 3.33. The van der Waals surface area contributed by atoms with Crippen molar-refractivity contribution >= 4 is 28.7 Å². The molecule has 2 amide bonds. The standard InChI is InChI=1S/C36H43N3O5/c1-36(2,3)44-33(40)23-27(17-14-26-15-18-29(43-4)19-16-26)34(41)39-32(22-28-24-38-31-13-9-8-12-30(28)31)35(42)37-21-20-25-10-6-5-7-11-25/h5-13,15-16,18-19,24,27,32,38H,14,17,20-23H2,1-4H3,(H,37,42)(H,39,41). The van der Waals surface area contributed by atoms with Crippen molar-refractivity contribution in [1.29, 1.82) is 0 Å². The van der Waals surface area contributed by atoms with Crippen LogP contribution in [0.1, 0.15) is 50.3 Å². The molecule has 0 radical (unpaired) electrons. The highest BCUT2D eigenvalue weighted by Gasteiger charge is 2.29. The molecule has 0 aliphatic rings. The van der Waals surface area contributed by atoms with Gasteiger partial charge in [0, 0.05) is 36.0 Å². The second-order valence-electron chi connectivity index (χ2n) is 12.0. The lowest BCUT2D eigenvalue weighted by Crippen LogP contribution is -2.50. The van der Waals surface area contributed by atoms with Gasteiger partial charge in [0.05, 0.1) is 13.5 Å². The number of fused-ring (bicyclic) bond motifs is 1. The molecule has 4 rings (SSSR count). The number of carbonyl (C=O) groups is 3. The highest BCUT2D eigenvalue weighted by molar-refractivity contribution is 5.91. The van der Waals surface area contributed by atoms with Gasteiger partial charge >= 0.3 is 5.97 Å². The normalized spacial score (nSPS) is 12.7. The number of benzene rings is 3. The molecule has 232 valence electrons. The Hall–Kier alpha value is -4.59. The van der Waals surface area contributed by atoms with E-state index in [-0.39, 0.29) is 18.2 Å². The number of rotatable bonds is 14. The molecular formula is C36H43N3O5. The highest BCUT2D eigenvalue weighted by Crippen LogP contribution is 2.22. The summed E-state index contributed by atoms with van der Waals surface area (Å²) < 4.78 is 10.8. The van der Waals surface area contributed by atoms with Crippen molar-refractivity contribution in [3.05, 3.63) is 102 Å². The number of aromatic nitrogens is 1. The Balaban J connectivity index is 1.51. The number of aryl methyl sites for hydroxylation is 1. The van der Waals surface area contributed by atoms with Crippen molar-refractivity contribution in [2.24, 2.45) is 5.92 Å². The SMILES string of the molecule is COc1ccc(CCC(CC(=O)OC(C)(C)C)C(=O)NC(Cc2c[nH]c3ccccc23)C(=O)NCCc2ccccc2)cc1. The molecule has 0 saturated carbocycles. The van der Waals surface area contributed by atoms with Crippen LogP contribution in [0, 0.1) is 5.92 Å². The van der Waals surface area contributed by atoms with Gasteiger partial charge < -0.3 is 25.1 Å². The van der Waals surface area contributed by atoms with E-state index in [1.54, 1.807) is 27.9 Å². The summed E-state index contributed by atoms with van der Waals surface area (Å²) in [6.45, 7) is 5.83. The summed E-state index contributed by atoms with van der Waals surface area (Å²) in [7, 11) is 1.61. The fourth-order valence-electron chi connectivity index (χ4n) is 5.16. The van der Waals surface area contributed by atoms with E-state index in [4.69, 9.17) is 9.47 Å². The molecule has 0 fully saturated rings. The van der Waals surface area contributed by atoms with Crippen LogP contribution in [0.5, 0.6) is 5.75 Å². The monoisotopic (exact) mass is 597 g/mol. The van der Waals surface area contributed by atoms with E-state index in [1.807, 2.05) is 85.1 Å². The van der Waals surface area contributed by atoms with Gasteiger partial charge in [-0.05, 0) is 74.9 Å². The molecule has 3 aromatic carbocycles. The van der Waals surface area contributed by atoms with Crippen LogP contribution < -0.4 is 15.4 Å². The summed E-state index contributed by atoms with van der Waals surface area (Å²) in [6, 6.07) is 24.6. The first-order valence-corrected chi connectivity index (χ1v) is 15.1. The number of esters is 1. The summed E-state index contributed by atoms with van der Waals surface area (Å²) in [4.78, 5) is 43.5. The van der Waals surface area contributed by atoms with Crippen LogP contribution in [0.25, 0.3) is 10.9 Å². The number of para-hydroxylation sites is 1. The third kappa shape index (κ3) is 9.73. The minimum absolute atomic E-state index is 0.0886. The lowest BCUT2D eigenvalue weighted by atomic mass is 9.94. The van der Waals surface area contributed by atoms with Crippen LogP contribution in [0.15, 0.2) is 85.1 Å². The first kappa shape index (κ1) is 32.3. The van der Waals surface area contributed by atoms with Crippen LogP contribution in [0.3, 0.4) is 0 Å². The maximum atomic E-state index is 13.8. The van der Waals surface area contributed by atoms with Gasteiger partial charge in [0.2, 0.25) is 11.8 Å². The largest absolute Gasteiger partial charge is 0.497 e. The van der Waals surface area contributed by atoms with Crippen LogP contribution in [-0.2, 0) is 38.4 Å². The predicted octanol–water partition coefficient (Wildman–Crippen LogP) is 5.54. The number of nitrogens with one attached hydrogen (secondary N) is 3. The van der Waals surface area contributed by atoms with Gasteiger partial charge in [-0.3, -0.25) is 14.4 Å². The van der Waals surface area contributed by atoms with Gasteiger partial charge in [0.25, 0.3) is 0 Å². The number of aromatic amines is 1. The number of amides is 2. The van der Waals surface area contributed by atoms with Gasteiger partial charge in [-0.2, -0.15) is 0 Å². The highest BCUT2D eigenvalue weighted by atomic mass is 16.6. The fourth-order valence-corrected chi connectivity index (χ4v) is 5.16. The Morgan fingerprint density at radius 3 is 2.23 bits per heavy atom. The van der Waals surface area contributed by atoms with E-state index >= 15 is 0 Å². The minimum atomic E-state index is -0.834. The molecule has 8 heteroatoms. The summed E-state index contributed by atoms with van der Waals surface area (Å²) >= 11 is 0. The maximum Gasteiger partial charge on any atom is 0.307 e. The second kappa shape index (κ2) is 15.2. The van der Waals surface area contributed by atoms with Crippen molar-refractivity contribution in [3.8, 4) is 5.75 Å². The lowest BCUT2D eigenvalue weighted by Gasteiger charge is -2.24. The van der Waals surface area contributed by atoms with Gasteiger partial charge in [-0.1, -0.05) is 60.7 Å². The molecule has 0 bridgehead atoms. The molecule has 0 saturated heterocycles. The van der Waals surface area contributed by atoms with Crippen LogP contribution in [0.2, 0.25) is 0 Å². The van der Waals surface area contributed by atoms with E-state index in [0.29, 0.717) is 32.2 Å². The smallest absolute Gasteiger partial charge is 0.307 e. The molecule has 1 heterocycles. The quantitative estimate of drug-likeness (QED) is 0.165. The average Bonchev–Trinajstić information content (AvgIpc) is 3.41. The third-order valence-corrected chi connectivity index (χ3v) is 7.43. The maximum absolute atomic E-state index is 13.8. The number of hydrogen-bond acceptors (Lipinski definition) is 5. The number of carbonyl (C=O) groups excluding carboxylic acids is 3. The van der Waals surface area contributed by atoms with E-state index in [2.05, 4.69) is 15.6 Å². The zero-order valence-electron chi connectivity index (χ0n) is 26.0. The zero-order chi connectivity index (χ0) is 31.5. The Morgan fingerprint density at radius 2 is 1.52 bits per heavy atom. The summed E-state index contributed by atoms with van der Waals surface area (Å²) in [6.07, 6.45) is 3.74. The minimum Gasteiger partial charge on any atom is -0.497 e. The van der Waals surface area contributed by atoms with Crippen molar-refractivity contribution in [2.75, 3.05) is 13.7 Å². The van der Waals surface area contributed by atoms with Crippen molar-refractivity contribution in [2.45, 2.75) is 64.5 Å². The van der Waals surface area contributed by atoms with Gasteiger partial charge in [-0.15, -0.1) is 0 Å². The Morgan fingerprint density at radius 1 is 0.841 bits per heavy atom. The lowest BCUT2D eigenvalue weighted by molar-refractivity contribution is -0.157. The molecule has 44 heavy (non-hydrogen) atoms. The Kier molecular flexibility index (Phi) is 11.2. The van der Waals surface area contributed by atoms with Gasteiger partial charge in [-0.25, -0.2) is 0 Å². The summed E-state index contributed by atoms with van der Waals surface area (Å²) in [5, 5.41) is 7.00. The van der Waals surface area contributed by atoms with E-state index in [0.717, 1.165) is 33.3 Å². The fraction of sp³-hybridized carbons (Fsp3) is 0.361. The van der Waals surface area contributed by atoms with Crippen LogP contribution >= 0.6 is 0 Å². The molecule has 0 aliphatic heterocycles. The summed E-state index contributed by atoms with van der Waals surface area (Å²) in [5.74, 6) is -1.02. The molecule has 8 nitrogen and oxygen atoms in total. The average molecular weight is 598 g/mol. The van der Waals surface area contributed by atoms with E-state index in [9.17, 15) is 14.4 Å². The number of ether oxygens (including phenoxy) is 2. The van der Waals surface area contributed by atoms with Gasteiger partial charge in [0.1, 0.15) is 17.4 Å². The number of hydrogen-bond donors (Lipinski definition) is 3. The molecule has 2 atom stereocenters. The van der Waals surface area contributed by atoms with Gasteiger partial charge in [0.15, 0.2) is 0 Å².